The fraction of sp³-hybridized carbons (Fsp3) is 0.300. The Morgan fingerprint density at radius 3 is 2.79 bits per heavy atom. The van der Waals surface area contributed by atoms with Crippen molar-refractivity contribution in [2.75, 3.05) is 11.9 Å². The van der Waals surface area contributed by atoms with Crippen LogP contribution in [0.3, 0.4) is 0 Å². The van der Waals surface area contributed by atoms with Crippen LogP contribution in [0.15, 0.2) is 33.4 Å². The second kappa shape index (κ2) is 8.08. The number of nitrogens with one attached hydrogen (secondary N) is 1. The Hall–Kier alpha value is -3.58. The van der Waals surface area contributed by atoms with Gasteiger partial charge < -0.3 is 9.47 Å². The van der Waals surface area contributed by atoms with E-state index in [2.05, 4.69) is 15.3 Å². The van der Waals surface area contributed by atoms with Crippen molar-refractivity contribution in [2.24, 2.45) is 14.1 Å². The first-order chi connectivity index (χ1) is 15.8. The molecule has 1 aliphatic heterocycles. The Kier molecular flexibility index (Phi) is 5.21. The smallest absolute Gasteiger partial charge is 0.332 e. The maximum absolute atomic E-state index is 13.0. The highest BCUT2D eigenvalue weighted by atomic mass is 32.1. The molecule has 0 atom stereocenters. The lowest BCUT2D eigenvalue weighted by Gasteiger charge is -2.26. The van der Waals surface area contributed by atoms with Crippen LogP contribution in [-0.2, 0) is 38.4 Å². The quantitative estimate of drug-likeness (QED) is 0.456. The third-order valence-electron chi connectivity index (χ3n) is 5.57. The molecule has 0 saturated heterocycles. The van der Waals surface area contributed by atoms with Crippen LogP contribution in [0.2, 0.25) is 0 Å². The summed E-state index contributed by atoms with van der Waals surface area (Å²) in [7, 11) is 2.93. The molecule has 0 aromatic carbocycles. The molecule has 5 heterocycles. The summed E-state index contributed by atoms with van der Waals surface area (Å²) in [6.07, 6.45) is 1.98. The minimum atomic E-state index is -0.493. The van der Waals surface area contributed by atoms with Gasteiger partial charge in [0.2, 0.25) is 5.91 Å². The van der Waals surface area contributed by atoms with Gasteiger partial charge in [-0.3, -0.25) is 28.8 Å². The zero-order chi connectivity index (χ0) is 23.3. The molecule has 0 saturated carbocycles. The van der Waals surface area contributed by atoms with E-state index in [4.69, 9.17) is 0 Å². The van der Waals surface area contributed by atoms with E-state index >= 15 is 0 Å². The summed E-state index contributed by atoms with van der Waals surface area (Å²) in [6, 6.07) is 3.56. The number of carbonyl (C=O) groups is 2. The molecule has 0 radical (unpaired) electrons. The van der Waals surface area contributed by atoms with E-state index in [0.717, 1.165) is 15.1 Å². The second-order valence-corrected chi connectivity index (χ2v) is 9.67. The van der Waals surface area contributed by atoms with Crippen LogP contribution in [0.5, 0.6) is 0 Å². The minimum Gasteiger partial charge on any atom is -0.336 e. The number of amides is 2. The number of hydrogen-bond donors (Lipinski definition) is 1. The highest BCUT2D eigenvalue weighted by Crippen LogP contribution is 2.29. The normalized spacial score (nSPS) is 13.3. The first-order valence-electron chi connectivity index (χ1n) is 10.1. The summed E-state index contributed by atoms with van der Waals surface area (Å²) in [4.78, 5) is 61.9. The van der Waals surface area contributed by atoms with E-state index in [9.17, 15) is 19.2 Å². The fourth-order valence-corrected chi connectivity index (χ4v) is 5.43. The highest BCUT2D eigenvalue weighted by Gasteiger charge is 2.26. The van der Waals surface area contributed by atoms with Gasteiger partial charge in [-0.25, -0.2) is 14.8 Å². The first-order valence-corrected chi connectivity index (χ1v) is 11.7. The van der Waals surface area contributed by atoms with Crippen molar-refractivity contribution in [2.45, 2.75) is 19.5 Å². The number of hydrogen-bond acceptors (Lipinski definition) is 8. The maximum Gasteiger partial charge on any atom is 0.332 e. The molecule has 2 amide bonds. The van der Waals surface area contributed by atoms with E-state index in [1.54, 1.807) is 11.0 Å². The van der Waals surface area contributed by atoms with E-state index in [1.165, 1.54) is 52.2 Å². The summed E-state index contributed by atoms with van der Waals surface area (Å²) in [5.41, 5.74) is 0.364. The number of aryl methyl sites for hydroxylation is 1. The number of aromatic nitrogens is 5. The Balaban J connectivity index is 1.33. The molecule has 0 fully saturated rings. The first kappa shape index (κ1) is 21.3. The van der Waals surface area contributed by atoms with E-state index in [-0.39, 0.29) is 29.5 Å². The van der Waals surface area contributed by atoms with Crippen LogP contribution < -0.4 is 16.6 Å². The highest BCUT2D eigenvalue weighted by molar-refractivity contribution is 7.16. The third-order valence-corrected chi connectivity index (χ3v) is 7.44. The standard InChI is InChI=1S/C20H19N7O4S2/c1-24-16-15(18(30)25(2)20(24)31)27(10-21-16)9-14(28)26-6-5-11-13(8-26)33-19(22-11)23-17(29)12-4-3-7-32-12/h3-4,7,10H,5-6,8-9H2,1-2H3,(H,22,23,29). The lowest BCUT2D eigenvalue weighted by Crippen LogP contribution is -2.39. The molecule has 0 aliphatic carbocycles. The topological polar surface area (TPSA) is 124 Å². The molecular weight excluding hydrogens is 466 g/mol. The minimum absolute atomic E-state index is 0.0694. The van der Waals surface area contributed by atoms with Crippen molar-refractivity contribution in [3.05, 3.63) is 60.1 Å². The lowest BCUT2D eigenvalue weighted by molar-refractivity contribution is -0.132. The number of thiazole rings is 1. The third kappa shape index (κ3) is 3.68. The summed E-state index contributed by atoms with van der Waals surface area (Å²) in [6.45, 7) is 0.793. The molecular formula is C20H19N7O4S2. The van der Waals surface area contributed by atoms with Crippen molar-refractivity contribution >= 4 is 50.8 Å². The Morgan fingerprint density at radius 2 is 2.03 bits per heavy atom. The molecule has 5 rings (SSSR count). The molecule has 1 aliphatic rings. The van der Waals surface area contributed by atoms with Gasteiger partial charge in [-0.05, 0) is 11.4 Å². The molecule has 0 spiro atoms. The van der Waals surface area contributed by atoms with E-state index < -0.39 is 11.2 Å². The van der Waals surface area contributed by atoms with Crippen LogP contribution in [0, 0.1) is 0 Å². The molecule has 33 heavy (non-hydrogen) atoms. The maximum atomic E-state index is 13.0. The number of rotatable bonds is 4. The molecule has 1 N–H and O–H groups in total. The summed E-state index contributed by atoms with van der Waals surface area (Å²) in [5, 5.41) is 5.17. The van der Waals surface area contributed by atoms with Crippen LogP contribution in [0.4, 0.5) is 5.13 Å². The molecule has 0 bridgehead atoms. The van der Waals surface area contributed by atoms with Crippen molar-refractivity contribution in [1.29, 1.82) is 0 Å². The van der Waals surface area contributed by atoms with Crippen molar-refractivity contribution < 1.29 is 9.59 Å². The summed E-state index contributed by atoms with van der Waals surface area (Å²) < 4.78 is 3.77. The zero-order valence-electron chi connectivity index (χ0n) is 17.8. The van der Waals surface area contributed by atoms with Gasteiger partial charge in [0, 0.05) is 31.9 Å². The van der Waals surface area contributed by atoms with Gasteiger partial charge >= 0.3 is 5.69 Å². The molecule has 13 heteroatoms. The number of nitrogens with zero attached hydrogens (tertiary/aromatic N) is 6. The van der Waals surface area contributed by atoms with Crippen molar-refractivity contribution in [3.8, 4) is 0 Å². The Labute approximate surface area is 194 Å². The van der Waals surface area contributed by atoms with Crippen molar-refractivity contribution in [3.63, 3.8) is 0 Å². The number of thiophene rings is 1. The SMILES string of the molecule is Cn1c(=O)c2c(ncn2CC(=O)N2CCc3nc(NC(=O)c4cccs4)sc3C2)n(C)c1=O. The molecule has 170 valence electrons. The van der Waals surface area contributed by atoms with Gasteiger partial charge in [-0.2, -0.15) is 0 Å². The number of fused-ring (bicyclic) bond motifs is 2. The van der Waals surface area contributed by atoms with Crippen molar-refractivity contribution in [1.82, 2.24) is 28.6 Å². The molecule has 11 nitrogen and oxygen atoms in total. The summed E-state index contributed by atoms with van der Waals surface area (Å²) in [5.74, 6) is -0.375. The number of carbonyl (C=O) groups excluding carboxylic acids is 2. The van der Waals surface area contributed by atoms with Crippen LogP contribution >= 0.6 is 22.7 Å². The lowest BCUT2D eigenvalue weighted by atomic mass is 10.2. The predicted octanol–water partition coefficient (Wildman–Crippen LogP) is 0.789. The van der Waals surface area contributed by atoms with Crippen LogP contribution in [-0.4, -0.2) is 46.9 Å². The fourth-order valence-electron chi connectivity index (χ4n) is 3.79. The van der Waals surface area contributed by atoms with Gasteiger partial charge in [-0.15, -0.1) is 11.3 Å². The van der Waals surface area contributed by atoms with E-state index in [1.807, 2.05) is 11.4 Å². The number of anilines is 1. The van der Waals surface area contributed by atoms with E-state index in [0.29, 0.717) is 29.5 Å². The van der Waals surface area contributed by atoms with Crippen LogP contribution in [0.1, 0.15) is 20.2 Å². The average molecular weight is 486 g/mol. The molecule has 0 unspecified atom stereocenters. The van der Waals surface area contributed by atoms with Gasteiger partial charge in [0.25, 0.3) is 11.5 Å². The van der Waals surface area contributed by atoms with Gasteiger partial charge in [0.1, 0.15) is 6.54 Å². The van der Waals surface area contributed by atoms with Crippen LogP contribution in [0.25, 0.3) is 11.2 Å². The van der Waals surface area contributed by atoms with Gasteiger partial charge in [0.15, 0.2) is 16.3 Å². The predicted molar refractivity (Wildman–Crippen MR) is 124 cm³/mol. The largest absolute Gasteiger partial charge is 0.336 e. The zero-order valence-corrected chi connectivity index (χ0v) is 19.4. The average Bonchev–Trinajstić information content (AvgIpc) is 3.55. The van der Waals surface area contributed by atoms with Gasteiger partial charge in [-0.1, -0.05) is 17.4 Å². The van der Waals surface area contributed by atoms with Gasteiger partial charge in [0.05, 0.1) is 23.4 Å². The summed E-state index contributed by atoms with van der Waals surface area (Å²) >= 11 is 2.71. The monoisotopic (exact) mass is 485 g/mol. The second-order valence-electron chi connectivity index (χ2n) is 7.64. The Bertz CT molecular complexity index is 1510. The molecule has 4 aromatic heterocycles. The number of imidazole rings is 1. The molecule has 4 aromatic rings. The Morgan fingerprint density at radius 1 is 1.21 bits per heavy atom.